The summed E-state index contributed by atoms with van der Waals surface area (Å²) in [6.07, 6.45) is 14.0. The molecular formula is C24H35N3O4. The van der Waals surface area contributed by atoms with Gasteiger partial charge in [0, 0.05) is 30.2 Å². The van der Waals surface area contributed by atoms with Crippen molar-refractivity contribution in [2.45, 2.75) is 58.5 Å². The van der Waals surface area contributed by atoms with E-state index in [1.807, 2.05) is 26.0 Å². The summed E-state index contributed by atoms with van der Waals surface area (Å²) < 4.78 is 0. The second kappa shape index (κ2) is 17.8. The average molecular weight is 430 g/mol. The average Bonchev–Trinajstić information content (AvgIpc) is 2.79. The minimum Gasteiger partial charge on any atom is -0.508 e. The van der Waals surface area contributed by atoms with Gasteiger partial charge in [0.05, 0.1) is 18.6 Å². The highest BCUT2D eigenvalue weighted by atomic mass is 16.3. The van der Waals surface area contributed by atoms with E-state index >= 15 is 0 Å². The molecule has 0 saturated carbocycles. The Balaban J connectivity index is 6.02. The predicted molar refractivity (Wildman–Crippen MR) is 129 cm³/mol. The summed E-state index contributed by atoms with van der Waals surface area (Å²) in [5.74, 6) is -0.0358. The first-order chi connectivity index (χ1) is 15.0. The second-order valence-electron chi connectivity index (χ2n) is 6.64. The molecule has 0 aromatic heterocycles. The zero-order chi connectivity index (χ0) is 23.5. The molecule has 0 aromatic carbocycles. The van der Waals surface area contributed by atoms with Crippen LogP contribution in [0, 0.1) is 4.91 Å². The lowest BCUT2D eigenvalue weighted by Gasteiger charge is -2.19. The van der Waals surface area contributed by atoms with Crippen molar-refractivity contribution in [2.24, 2.45) is 15.2 Å². The van der Waals surface area contributed by atoms with Crippen LogP contribution in [0.1, 0.15) is 46.5 Å². The monoisotopic (exact) mass is 429 g/mol. The van der Waals surface area contributed by atoms with Crippen LogP contribution in [-0.4, -0.2) is 53.0 Å². The maximum absolute atomic E-state index is 10.7. The molecule has 0 aliphatic carbocycles. The summed E-state index contributed by atoms with van der Waals surface area (Å²) in [4.78, 5) is 19.8. The van der Waals surface area contributed by atoms with Crippen molar-refractivity contribution in [2.75, 3.05) is 13.2 Å². The van der Waals surface area contributed by atoms with Crippen LogP contribution in [0.4, 0.5) is 0 Å². The SMILES string of the molecule is C=C=C(O)/C(C=NC(CCO)C(CCN=O)N=CC(=C/C=C\C)/C(O)=C\C)=C\CCC. The Morgan fingerprint density at radius 3 is 2.26 bits per heavy atom. The summed E-state index contributed by atoms with van der Waals surface area (Å²) in [6.45, 7) is 8.97. The summed E-state index contributed by atoms with van der Waals surface area (Å²) in [7, 11) is 0. The molecule has 0 spiro atoms. The first kappa shape index (κ1) is 28.0. The van der Waals surface area contributed by atoms with Crippen LogP contribution in [0.25, 0.3) is 0 Å². The molecule has 31 heavy (non-hydrogen) atoms. The third kappa shape index (κ3) is 11.7. The molecule has 0 aromatic rings. The minimum atomic E-state index is -0.457. The van der Waals surface area contributed by atoms with Crippen LogP contribution < -0.4 is 0 Å². The molecule has 7 heteroatoms. The molecule has 2 unspecified atom stereocenters. The van der Waals surface area contributed by atoms with Gasteiger partial charge in [-0.25, -0.2) is 0 Å². The van der Waals surface area contributed by atoms with Crippen LogP contribution in [0.3, 0.4) is 0 Å². The van der Waals surface area contributed by atoms with Gasteiger partial charge in [0.1, 0.15) is 5.76 Å². The topological polar surface area (TPSA) is 115 Å². The Labute approximate surface area is 185 Å². The normalized spacial score (nSPS) is 15.5. The van der Waals surface area contributed by atoms with E-state index in [1.165, 1.54) is 12.4 Å². The van der Waals surface area contributed by atoms with Crippen LogP contribution in [-0.2, 0) is 0 Å². The molecule has 0 aliphatic heterocycles. The van der Waals surface area contributed by atoms with Gasteiger partial charge in [-0.3, -0.25) is 9.98 Å². The van der Waals surface area contributed by atoms with Gasteiger partial charge in [-0.15, -0.1) is 0 Å². The lowest BCUT2D eigenvalue weighted by atomic mass is 10.0. The van der Waals surface area contributed by atoms with Gasteiger partial charge in [0.15, 0.2) is 5.76 Å². The Bertz CT molecular complexity index is 770. The first-order valence-electron chi connectivity index (χ1n) is 10.4. The van der Waals surface area contributed by atoms with E-state index in [0.717, 1.165) is 12.8 Å². The number of hydrogen-bond donors (Lipinski definition) is 3. The van der Waals surface area contributed by atoms with E-state index in [9.17, 15) is 20.2 Å². The zero-order valence-electron chi connectivity index (χ0n) is 18.7. The van der Waals surface area contributed by atoms with E-state index in [-0.39, 0.29) is 24.7 Å². The van der Waals surface area contributed by atoms with Gasteiger partial charge in [0.25, 0.3) is 0 Å². The summed E-state index contributed by atoms with van der Waals surface area (Å²) in [5, 5.41) is 32.6. The van der Waals surface area contributed by atoms with Crippen molar-refractivity contribution in [3.05, 3.63) is 70.3 Å². The lowest BCUT2D eigenvalue weighted by Crippen LogP contribution is -2.25. The molecule has 0 aliphatic rings. The van der Waals surface area contributed by atoms with E-state index in [2.05, 4.69) is 27.5 Å². The minimum absolute atomic E-state index is 0.0410. The number of aliphatic hydroxyl groups is 3. The van der Waals surface area contributed by atoms with Gasteiger partial charge in [-0.1, -0.05) is 55.1 Å². The number of unbranched alkanes of at least 4 members (excludes halogenated alkanes) is 1. The lowest BCUT2D eigenvalue weighted by molar-refractivity contribution is 0.267. The Morgan fingerprint density at radius 1 is 1.10 bits per heavy atom. The molecule has 7 nitrogen and oxygen atoms in total. The molecule has 0 rings (SSSR count). The number of hydrogen-bond acceptors (Lipinski definition) is 7. The van der Waals surface area contributed by atoms with Crippen molar-refractivity contribution in [3.63, 3.8) is 0 Å². The molecule has 0 heterocycles. The Hall–Kier alpha value is -3.02. The van der Waals surface area contributed by atoms with Crippen molar-refractivity contribution in [1.82, 2.24) is 0 Å². The van der Waals surface area contributed by atoms with Crippen molar-refractivity contribution in [1.29, 1.82) is 0 Å². The van der Waals surface area contributed by atoms with Gasteiger partial charge < -0.3 is 15.3 Å². The van der Waals surface area contributed by atoms with Crippen molar-refractivity contribution in [3.8, 4) is 0 Å². The van der Waals surface area contributed by atoms with Gasteiger partial charge in [-0.05, 0) is 39.2 Å². The van der Waals surface area contributed by atoms with E-state index < -0.39 is 12.1 Å². The third-order valence-corrected chi connectivity index (χ3v) is 4.33. The molecule has 0 radical (unpaired) electrons. The number of rotatable bonds is 15. The predicted octanol–water partition coefficient (Wildman–Crippen LogP) is 5.32. The molecule has 3 N–H and O–H groups in total. The quantitative estimate of drug-likeness (QED) is 0.107. The highest BCUT2D eigenvalue weighted by Gasteiger charge is 2.19. The summed E-state index contributed by atoms with van der Waals surface area (Å²) in [6, 6.07) is -0.914. The molecular weight excluding hydrogens is 394 g/mol. The number of aliphatic imine (C=N–C) groups is 2. The number of nitrogens with zero attached hydrogens (tertiary/aromatic N) is 3. The van der Waals surface area contributed by atoms with Crippen molar-refractivity contribution < 1.29 is 15.3 Å². The van der Waals surface area contributed by atoms with Crippen LogP contribution in [0.15, 0.2) is 80.5 Å². The fourth-order valence-corrected chi connectivity index (χ4v) is 2.58. The number of nitroso groups, excluding NO2 is 1. The fraction of sp³-hybridized carbons (Fsp3) is 0.458. The highest BCUT2D eigenvalue weighted by Crippen LogP contribution is 2.16. The summed E-state index contributed by atoms with van der Waals surface area (Å²) in [5.41, 5.74) is 3.44. The van der Waals surface area contributed by atoms with Crippen LogP contribution in [0.5, 0.6) is 0 Å². The largest absolute Gasteiger partial charge is 0.508 e. The van der Waals surface area contributed by atoms with E-state index in [4.69, 9.17) is 0 Å². The molecule has 0 bridgehead atoms. The first-order valence-corrected chi connectivity index (χ1v) is 10.4. The zero-order valence-corrected chi connectivity index (χ0v) is 18.7. The van der Waals surface area contributed by atoms with Crippen LogP contribution >= 0.6 is 0 Å². The maximum Gasteiger partial charge on any atom is 0.167 e. The number of allylic oxidation sites excluding steroid dienone is 7. The van der Waals surface area contributed by atoms with Gasteiger partial charge in [0.2, 0.25) is 0 Å². The smallest absolute Gasteiger partial charge is 0.167 e. The van der Waals surface area contributed by atoms with Crippen LogP contribution in [0.2, 0.25) is 0 Å². The Kier molecular flexibility index (Phi) is 16.1. The molecule has 170 valence electrons. The maximum atomic E-state index is 10.7. The van der Waals surface area contributed by atoms with Gasteiger partial charge >= 0.3 is 0 Å². The number of aliphatic hydroxyl groups excluding tert-OH is 3. The highest BCUT2D eigenvalue weighted by molar-refractivity contribution is 5.85. The second-order valence-corrected chi connectivity index (χ2v) is 6.64. The van der Waals surface area contributed by atoms with E-state index in [0.29, 0.717) is 24.0 Å². The van der Waals surface area contributed by atoms with E-state index in [1.54, 1.807) is 25.2 Å². The Morgan fingerprint density at radius 2 is 1.74 bits per heavy atom. The standard InChI is InChI=1S/C24H35N3O4/c1-5-9-11-19(23(29)7-3)17-25-21(13-15-27-31)22(14-16-28)26-18-20(12-10-6-2)24(30)8-4/h5,7,9,11-12,17-18,21-22,28-30H,4,6,10,13-16H2,1-3H3/b9-5-,19-11-,20-12-,23-7+,25-17?,26-18?. The molecule has 2 atom stereocenters. The molecule has 0 amide bonds. The third-order valence-electron chi connectivity index (χ3n) is 4.33. The molecule has 0 fully saturated rings. The summed E-state index contributed by atoms with van der Waals surface area (Å²) >= 11 is 0. The fourth-order valence-electron chi connectivity index (χ4n) is 2.58. The van der Waals surface area contributed by atoms with Gasteiger partial charge in [-0.2, -0.15) is 4.91 Å². The molecule has 0 saturated heterocycles. The van der Waals surface area contributed by atoms with Crippen molar-refractivity contribution >= 4 is 12.4 Å².